The van der Waals surface area contributed by atoms with Crippen LogP contribution in [0.1, 0.15) is 0 Å². The van der Waals surface area contributed by atoms with Crippen molar-refractivity contribution >= 4 is 44.5 Å². The molecule has 0 aliphatic carbocycles. The molecule has 0 heterocycles. The first-order valence-corrected chi connectivity index (χ1v) is 3.23. The molecule has 0 rings (SSSR count). The molecule has 0 spiro atoms. The molecule has 0 aromatic carbocycles. The molecule has 0 unspecified atom stereocenters. The number of halogens is 1. The molecular formula is H7Al2FO4S. The first kappa shape index (κ1) is 15.9. The lowest BCUT2D eigenvalue weighted by molar-refractivity contribution is 0.381. The highest BCUT2D eigenvalue weighted by Gasteiger charge is 1.84. The lowest BCUT2D eigenvalue weighted by Crippen LogP contribution is -1.89. The number of hydrogen-bond acceptors (Lipinski definition) is 2. The van der Waals surface area contributed by atoms with Crippen molar-refractivity contribution in [2.75, 3.05) is 0 Å². The summed E-state index contributed by atoms with van der Waals surface area (Å²) in [5, 5.41) is 0. The summed E-state index contributed by atoms with van der Waals surface area (Å²) in [6.45, 7) is 0. The summed E-state index contributed by atoms with van der Waals surface area (Å²) in [6, 6.07) is 0. The van der Waals surface area contributed by atoms with Crippen LogP contribution in [0.2, 0.25) is 0 Å². The van der Waals surface area contributed by atoms with Crippen molar-refractivity contribution < 1.29 is 21.0 Å². The highest BCUT2D eigenvalue weighted by molar-refractivity contribution is 7.79. The quantitative estimate of drug-likeness (QED) is 0.320. The Bertz CT molecular complexity index is 97.2. The van der Waals surface area contributed by atoms with E-state index in [1.54, 1.807) is 0 Å². The first-order valence-electron chi connectivity index (χ1n) is 1.08. The summed E-state index contributed by atoms with van der Waals surface area (Å²) in [5.41, 5.74) is 0. The summed E-state index contributed by atoms with van der Waals surface area (Å²) >= 11 is -0.194. The standard InChI is InChI=1S/2Al.FH.H2O4S.5H/c;;;1-5(2,3)4;;;;;/h;;1H;(H2,1,2,3,4);;;;;/q;+1;;;;;;;/p-1. The Morgan fingerprint density at radius 2 is 1.25 bits per heavy atom. The Balaban J connectivity index is -0.0000000750. The van der Waals surface area contributed by atoms with Crippen LogP contribution in [0.3, 0.4) is 0 Å². The highest BCUT2D eigenvalue weighted by atomic mass is 32.3. The van der Waals surface area contributed by atoms with Crippen LogP contribution in [0.25, 0.3) is 0 Å². The molecule has 2 N–H and O–H groups in total. The summed E-state index contributed by atoms with van der Waals surface area (Å²) in [6.07, 6.45) is 0. The second kappa shape index (κ2) is 7.86. The predicted molar refractivity (Wildman–Crippen MR) is 33.8 cm³/mol. The zero-order valence-corrected chi connectivity index (χ0v) is 6.31. The van der Waals surface area contributed by atoms with E-state index >= 15 is 0 Å². The predicted octanol–water partition coefficient (Wildman–Crippen LogP) is -2.33. The van der Waals surface area contributed by atoms with E-state index < -0.39 is 10.4 Å². The van der Waals surface area contributed by atoms with Crippen LogP contribution in [-0.2, 0) is 10.4 Å². The van der Waals surface area contributed by atoms with Gasteiger partial charge in [0.2, 0.25) is 0 Å². The van der Waals surface area contributed by atoms with Crippen molar-refractivity contribution in [3.8, 4) is 0 Å². The van der Waals surface area contributed by atoms with Crippen molar-refractivity contribution in [3.63, 3.8) is 0 Å². The Hall–Kier alpha value is 0.865. The van der Waals surface area contributed by atoms with Gasteiger partial charge in [0.1, 0.15) is 0 Å². The van der Waals surface area contributed by atoms with E-state index in [1.807, 2.05) is 0 Å². The summed E-state index contributed by atoms with van der Waals surface area (Å²) in [5.74, 6) is 0. The van der Waals surface area contributed by atoms with Crippen LogP contribution < -0.4 is 0 Å². The lowest BCUT2D eigenvalue weighted by Gasteiger charge is -1.68. The zero-order chi connectivity index (χ0) is 6.50. The number of rotatable bonds is 0. The van der Waals surface area contributed by atoms with Gasteiger partial charge in [-0.15, -0.1) is 0 Å². The zero-order valence-electron chi connectivity index (χ0n) is 3.50. The largest absolute Gasteiger partial charge is 0.472 e. The van der Waals surface area contributed by atoms with Gasteiger partial charge < -0.3 is 3.52 Å². The fourth-order valence-corrected chi connectivity index (χ4v) is 0. The van der Waals surface area contributed by atoms with Gasteiger partial charge in [0.25, 0.3) is 0 Å². The van der Waals surface area contributed by atoms with Crippen molar-refractivity contribution in [2.24, 2.45) is 0 Å². The maximum Gasteiger partial charge on any atom is 0.472 e. The lowest BCUT2D eigenvalue weighted by atomic mass is 15.8. The van der Waals surface area contributed by atoms with E-state index in [0.717, 1.165) is 0 Å². The molecule has 8 heteroatoms. The normalized spacial score (nSPS) is 7.88. The van der Waals surface area contributed by atoms with Crippen LogP contribution in [0, 0.1) is 0 Å². The van der Waals surface area contributed by atoms with E-state index in [2.05, 4.69) is 0 Å². The smallest absolute Gasteiger partial charge is 0.430 e. The van der Waals surface area contributed by atoms with E-state index in [0.29, 0.717) is 0 Å². The molecule has 0 saturated carbocycles. The van der Waals surface area contributed by atoms with E-state index in [-0.39, 0.29) is 34.1 Å². The monoisotopic (exact) mass is 176 g/mol. The Kier molecular flexibility index (Phi) is 15.7. The minimum atomic E-state index is -4.67. The van der Waals surface area contributed by atoms with Gasteiger partial charge in [0, 0.05) is 0 Å². The second-order valence-electron chi connectivity index (χ2n) is 0.448. The van der Waals surface area contributed by atoms with Crippen LogP contribution in [0.15, 0.2) is 0 Å². The summed E-state index contributed by atoms with van der Waals surface area (Å²) in [4.78, 5) is 0. The third-order valence-corrected chi connectivity index (χ3v) is 0. The van der Waals surface area contributed by atoms with Gasteiger partial charge in [-0.1, -0.05) is 0 Å². The maximum atomic E-state index is 9.64. The molecule has 4 nitrogen and oxygen atoms in total. The van der Waals surface area contributed by atoms with Crippen LogP contribution in [0.4, 0.5) is 3.52 Å². The molecule has 0 aliphatic heterocycles. The van der Waals surface area contributed by atoms with Gasteiger partial charge >= 0.3 is 27.1 Å². The summed E-state index contributed by atoms with van der Waals surface area (Å²) < 4.78 is 41.2. The van der Waals surface area contributed by atoms with Crippen molar-refractivity contribution in [2.45, 2.75) is 0 Å². The van der Waals surface area contributed by atoms with Gasteiger partial charge in [0.05, 0.1) is 0 Å². The average molecular weight is 176 g/mol. The van der Waals surface area contributed by atoms with Crippen molar-refractivity contribution in [1.82, 2.24) is 0 Å². The van der Waals surface area contributed by atoms with Gasteiger partial charge in [-0.25, -0.2) is 0 Å². The third-order valence-electron chi connectivity index (χ3n) is 0. The number of hydrogen-bond donors (Lipinski definition) is 2. The Morgan fingerprint density at radius 3 is 1.25 bits per heavy atom. The van der Waals surface area contributed by atoms with E-state index in [4.69, 9.17) is 17.5 Å². The Morgan fingerprint density at radius 1 is 1.25 bits per heavy atom. The molecule has 0 bridgehead atoms. The maximum absolute atomic E-state index is 9.64. The average Bonchev–Trinajstić information content (AvgIpc) is 1.36. The minimum absolute atomic E-state index is 0. The van der Waals surface area contributed by atoms with Crippen LogP contribution >= 0.6 is 0 Å². The first-order chi connectivity index (χ1) is 3.00. The molecule has 0 atom stereocenters. The van der Waals surface area contributed by atoms with Crippen LogP contribution in [0.5, 0.6) is 0 Å². The molecule has 0 saturated heterocycles. The molecule has 0 amide bonds. The van der Waals surface area contributed by atoms with Gasteiger partial charge in [-0.3, -0.25) is 9.11 Å². The molecule has 0 fully saturated rings. The Labute approximate surface area is 65.7 Å². The van der Waals surface area contributed by atoms with Gasteiger partial charge in [-0.2, -0.15) is 8.42 Å². The fourth-order valence-electron chi connectivity index (χ4n) is 0. The van der Waals surface area contributed by atoms with Crippen molar-refractivity contribution in [1.29, 1.82) is 0 Å². The minimum Gasteiger partial charge on any atom is -0.430 e. The van der Waals surface area contributed by atoms with Crippen molar-refractivity contribution in [3.05, 3.63) is 0 Å². The summed E-state index contributed by atoms with van der Waals surface area (Å²) in [7, 11) is -4.67. The molecule has 0 radical (unpaired) electrons. The molecule has 0 aliphatic rings. The molecule has 50 valence electrons. The van der Waals surface area contributed by atoms with Gasteiger partial charge in [0.15, 0.2) is 17.4 Å². The SMILES string of the molecule is O=S(=O)(O)O.[AlH3].[F][AlH2]. The van der Waals surface area contributed by atoms with E-state index in [9.17, 15) is 3.52 Å². The van der Waals surface area contributed by atoms with Crippen LogP contribution in [-0.4, -0.2) is 51.6 Å². The molecule has 0 aromatic rings. The molecule has 8 heavy (non-hydrogen) atoms. The second-order valence-corrected chi connectivity index (χ2v) is 1.34. The van der Waals surface area contributed by atoms with Gasteiger partial charge in [-0.05, 0) is 0 Å². The van der Waals surface area contributed by atoms with E-state index in [1.165, 1.54) is 0 Å². The topological polar surface area (TPSA) is 74.6 Å². The highest BCUT2D eigenvalue weighted by Crippen LogP contribution is 1.59. The molecular weight excluding hydrogens is 169 g/mol. The molecule has 0 aromatic heterocycles. The fraction of sp³-hybridized carbons (Fsp3) is 0. The third kappa shape index (κ3) is 316.